The third-order valence-corrected chi connectivity index (χ3v) is 8.13. The smallest absolute Gasteiger partial charge is 0.250 e. The average Bonchev–Trinajstić information content (AvgIpc) is 3.35. The molecule has 0 radical (unpaired) electrons. The monoisotopic (exact) mass is 527 g/mol. The van der Waals surface area contributed by atoms with Gasteiger partial charge in [0.1, 0.15) is 13.2 Å². The summed E-state index contributed by atoms with van der Waals surface area (Å²) in [6, 6.07) is 12.2. The van der Waals surface area contributed by atoms with E-state index in [2.05, 4.69) is 10.3 Å². The number of ether oxygens (including phenoxy) is 2. The molecule has 0 fully saturated rings. The number of rotatable bonds is 10. The first kappa shape index (κ1) is 25.9. The number of amides is 1. The van der Waals surface area contributed by atoms with Gasteiger partial charge >= 0.3 is 0 Å². The van der Waals surface area contributed by atoms with Crippen LogP contribution in [0.1, 0.15) is 32.3 Å². The van der Waals surface area contributed by atoms with E-state index < -0.39 is 10.0 Å². The number of sulfonamides is 1. The Morgan fingerprint density at radius 1 is 1.06 bits per heavy atom. The van der Waals surface area contributed by atoms with E-state index in [0.717, 1.165) is 29.7 Å². The van der Waals surface area contributed by atoms with Gasteiger partial charge in [-0.25, -0.2) is 13.4 Å². The predicted octanol–water partition coefficient (Wildman–Crippen LogP) is 5.04. The van der Waals surface area contributed by atoms with E-state index in [1.165, 1.54) is 21.7 Å². The summed E-state index contributed by atoms with van der Waals surface area (Å²) in [7, 11) is -3.53. The summed E-state index contributed by atoms with van der Waals surface area (Å²) in [5.74, 6) is 1.07. The van der Waals surface area contributed by atoms with Gasteiger partial charge < -0.3 is 9.47 Å². The number of nitrogens with zero attached hydrogens (tertiary/aromatic N) is 2. The molecule has 10 heteroatoms. The Morgan fingerprint density at radius 3 is 2.44 bits per heavy atom. The second-order valence-corrected chi connectivity index (χ2v) is 11.0. The summed E-state index contributed by atoms with van der Waals surface area (Å²) in [6.07, 6.45) is 4.55. The van der Waals surface area contributed by atoms with Crippen LogP contribution in [0.3, 0.4) is 0 Å². The van der Waals surface area contributed by atoms with Crippen molar-refractivity contribution in [3.8, 4) is 22.8 Å². The van der Waals surface area contributed by atoms with E-state index in [1.807, 2.05) is 37.4 Å². The molecule has 0 aliphatic carbocycles. The predicted molar refractivity (Wildman–Crippen MR) is 142 cm³/mol. The number of nitrogens with one attached hydrogen (secondary N) is 1. The van der Waals surface area contributed by atoms with Crippen molar-refractivity contribution >= 4 is 38.5 Å². The zero-order chi connectivity index (χ0) is 25.5. The molecule has 2 aromatic carbocycles. The third-order valence-electron chi connectivity index (χ3n) is 5.46. The van der Waals surface area contributed by atoms with Crippen molar-refractivity contribution in [2.24, 2.45) is 0 Å². The van der Waals surface area contributed by atoms with Gasteiger partial charge in [-0.05, 0) is 54.8 Å². The van der Waals surface area contributed by atoms with E-state index in [-0.39, 0.29) is 10.8 Å². The molecule has 0 saturated carbocycles. The molecule has 0 saturated heterocycles. The van der Waals surface area contributed by atoms with Crippen molar-refractivity contribution in [1.29, 1.82) is 0 Å². The number of hydrogen-bond acceptors (Lipinski definition) is 7. The second kappa shape index (κ2) is 11.7. The van der Waals surface area contributed by atoms with Gasteiger partial charge in [0, 0.05) is 30.1 Å². The van der Waals surface area contributed by atoms with E-state index >= 15 is 0 Å². The van der Waals surface area contributed by atoms with Crippen LogP contribution in [-0.2, 0) is 14.8 Å². The van der Waals surface area contributed by atoms with Gasteiger partial charge in [-0.15, -0.1) is 11.3 Å². The van der Waals surface area contributed by atoms with Gasteiger partial charge in [-0.2, -0.15) is 4.31 Å². The molecule has 36 heavy (non-hydrogen) atoms. The molecule has 0 atom stereocenters. The first-order chi connectivity index (χ1) is 17.4. The third kappa shape index (κ3) is 6.13. The lowest BCUT2D eigenvalue weighted by Gasteiger charge is -2.21. The number of fused-ring (bicyclic) bond motifs is 1. The van der Waals surface area contributed by atoms with Gasteiger partial charge in [0.25, 0.3) is 0 Å². The Hall–Kier alpha value is -3.21. The van der Waals surface area contributed by atoms with Crippen LogP contribution in [0.5, 0.6) is 11.5 Å². The normalized spacial score (nSPS) is 13.3. The first-order valence-corrected chi connectivity index (χ1v) is 14.2. The molecule has 1 amide bonds. The molecule has 1 N–H and O–H groups in total. The maximum atomic E-state index is 12.9. The minimum atomic E-state index is -3.53. The Bertz CT molecular complexity index is 1330. The van der Waals surface area contributed by atoms with Crippen molar-refractivity contribution in [2.45, 2.75) is 31.6 Å². The maximum Gasteiger partial charge on any atom is 0.250 e. The highest BCUT2D eigenvalue weighted by Gasteiger charge is 2.22. The number of thiazole rings is 1. The highest BCUT2D eigenvalue weighted by Crippen LogP contribution is 2.35. The highest BCUT2D eigenvalue weighted by molar-refractivity contribution is 7.89. The Balaban J connectivity index is 1.38. The summed E-state index contributed by atoms with van der Waals surface area (Å²) in [4.78, 5) is 17.2. The van der Waals surface area contributed by atoms with Crippen LogP contribution in [-0.4, -0.2) is 49.9 Å². The van der Waals surface area contributed by atoms with Crippen LogP contribution in [0.4, 0.5) is 5.13 Å². The van der Waals surface area contributed by atoms with Crippen molar-refractivity contribution in [1.82, 2.24) is 9.29 Å². The molecule has 2 heterocycles. The molecule has 190 valence electrons. The minimum Gasteiger partial charge on any atom is -0.486 e. The van der Waals surface area contributed by atoms with Crippen LogP contribution < -0.4 is 14.8 Å². The van der Waals surface area contributed by atoms with E-state index in [0.29, 0.717) is 42.9 Å². The SMILES string of the molecule is CCCN(CCC)S(=O)(=O)c1ccc(/C=C\C(=O)Nc2nc(-c3ccc4c(c3)OCCO4)cs2)cc1. The van der Waals surface area contributed by atoms with Gasteiger partial charge in [0.2, 0.25) is 15.9 Å². The van der Waals surface area contributed by atoms with E-state index in [9.17, 15) is 13.2 Å². The number of anilines is 1. The standard InChI is InChI=1S/C26H29N3O5S2/c1-3-13-29(14-4-2)36(31,32)21-9-5-19(6-10-21)7-12-25(30)28-26-27-22(18-35-26)20-8-11-23-24(17-20)34-16-15-33-23/h5-12,17-18H,3-4,13-16H2,1-2H3,(H,27,28,30)/b12-7-. The molecular formula is C26H29N3O5S2. The number of carbonyl (C=O) groups excluding carboxylic acids is 1. The number of aromatic nitrogens is 1. The van der Waals surface area contributed by atoms with Crippen molar-refractivity contribution < 1.29 is 22.7 Å². The number of benzene rings is 2. The molecule has 0 unspecified atom stereocenters. The molecule has 8 nitrogen and oxygen atoms in total. The fourth-order valence-electron chi connectivity index (χ4n) is 3.74. The van der Waals surface area contributed by atoms with Crippen LogP contribution in [0, 0.1) is 0 Å². The van der Waals surface area contributed by atoms with Crippen LogP contribution in [0.25, 0.3) is 17.3 Å². The van der Waals surface area contributed by atoms with E-state index in [1.54, 1.807) is 30.3 Å². The summed E-state index contributed by atoms with van der Waals surface area (Å²) < 4.78 is 38.5. The quantitative estimate of drug-likeness (QED) is 0.371. The minimum absolute atomic E-state index is 0.250. The average molecular weight is 528 g/mol. The summed E-state index contributed by atoms with van der Waals surface area (Å²) in [5, 5.41) is 5.11. The Labute approximate surface area is 215 Å². The Morgan fingerprint density at radius 2 is 1.75 bits per heavy atom. The lowest BCUT2D eigenvalue weighted by molar-refractivity contribution is -0.111. The van der Waals surface area contributed by atoms with Crippen molar-refractivity contribution in [3.05, 3.63) is 59.5 Å². The molecule has 1 aliphatic heterocycles. The zero-order valence-electron chi connectivity index (χ0n) is 20.3. The first-order valence-electron chi connectivity index (χ1n) is 11.9. The topological polar surface area (TPSA) is 97.8 Å². The van der Waals surface area contributed by atoms with Crippen LogP contribution in [0.15, 0.2) is 58.8 Å². The molecule has 4 rings (SSSR count). The molecule has 0 spiro atoms. The Kier molecular flexibility index (Phi) is 8.40. The molecule has 0 bridgehead atoms. The number of carbonyl (C=O) groups is 1. The molecule has 1 aliphatic rings. The highest BCUT2D eigenvalue weighted by atomic mass is 32.2. The van der Waals surface area contributed by atoms with Crippen molar-refractivity contribution in [2.75, 3.05) is 31.6 Å². The van der Waals surface area contributed by atoms with Gasteiger partial charge in [-0.1, -0.05) is 26.0 Å². The summed E-state index contributed by atoms with van der Waals surface area (Å²) in [6.45, 7) is 5.95. The van der Waals surface area contributed by atoms with Crippen LogP contribution in [0.2, 0.25) is 0 Å². The largest absolute Gasteiger partial charge is 0.486 e. The lowest BCUT2D eigenvalue weighted by Crippen LogP contribution is -2.32. The van der Waals surface area contributed by atoms with Gasteiger partial charge in [-0.3, -0.25) is 10.1 Å². The fourth-order valence-corrected chi connectivity index (χ4v) is 6.08. The van der Waals surface area contributed by atoms with Crippen molar-refractivity contribution in [3.63, 3.8) is 0 Å². The molecule has 1 aromatic heterocycles. The maximum absolute atomic E-state index is 12.9. The summed E-state index contributed by atoms with van der Waals surface area (Å²) in [5.41, 5.74) is 2.32. The summed E-state index contributed by atoms with van der Waals surface area (Å²) >= 11 is 1.33. The fraction of sp³-hybridized carbons (Fsp3) is 0.308. The molecular weight excluding hydrogens is 498 g/mol. The zero-order valence-corrected chi connectivity index (χ0v) is 21.9. The van der Waals surface area contributed by atoms with E-state index in [4.69, 9.17) is 9.47 Å². The van der Waals surface area contributed by atoms with Crippen LogP contribution >= 0.6 is 11.3 Å². The molecule has 3 aromatic rings. The number of hydrogen-bond donors (Lipinski definition) is 1. The second-order valence-electron chi connectivity index (χ2n) is 8.19. The lowest BCUT2D eigenvalue weighted by atomic mass is 10.1. The van der Waals surface area contributed by atoms with Gasteiger partial charge in [0.05, 0.1) is 10.6 Å². The van der Waals surface area contributed by atoms with Gasteiger partial charge in [0.15, 0.2) is 16.6 Å².